The van der Waals surface area contributed by atoms with Crippen LogP contribution in [0.15, 0.2) is 23.2 Å². The number of guanidine groups is 1. The van der Waals surface area contributed by atoms with E-state index >= 15 is 0 Å². The highest BCUT2D eigenvalue weighted by atomic mass is 127. The second kappa shape index (κ2) is 12.9. The number of aliphatic hydroxyl groups excluding tert-OH is 1. The SMILES string of the molecule is CCC(CC)(CNC(=NC)NCc1ccc(F)c(CO)c1)NC(=O)OC(C)(C)C.I. The van der Waals surface area contributed by atoms with Crippen molar-refractivity contribution in [2.75, 3.05) is 13.6 Å². The van der Waals surface area contributed by atoms with E-state index in [0.29, 0.717) is 31.9 Å². The van der Waals surface area contributed by atoms with Crippen LogP contribution < -0.4 is 16.0 Å². The van der Waals surface area contributed by atoms with Gasteiger partial charge in [-0.15, -0.1) is 24.0 Å². The molecular formula is C21H36FIN4O3. The van der Waals surface area contributed by atoms with Crippen LogP contribution >= 0.6 is 24.0 Å². The minimum Gasteiger partial charge on any atom is -0.444 e. The predicted octanol–water partition coefficient (Wildman–Crippen LogP) is 3.68. The van der Waals surface area contributed by atoms with Gasteiger partial charge >= 0.3 is 6.09 Å². The van der Waals surface area contributed by atoms with E-state index in [2.05, 4.69) is 20.9 Å². The van der Waals surface area contributed by atoms with Crippen molar-refractivity contribution in [3.8, 4) is 0 Å². The number of rotatable bonds is 8. The average molecular weight is 538 g/mol. The number of nitrogens with one attached hydrogen (secondary N) is 3. The van der Waals surface area contributed by atoms with E-state index in [1.165, 1.54) is 6.07 Å². The molecule has 0 unspecified atom stereocenters. The highest BCUT2D eigenvalue weighted by Crippen LogP contribution is 2.16. The Morgan fingerprint density at radius 2 is 1.83 bits per heavy atom. The molecule has 0 radical (unpaired) electrons. The summed E-state index contributed by atoms with van der Waals surface area (Å²) >= 11 is 0. The molecule has 0 fully saturated rings. The smallest absolute Gasteiger partial charge is 0.408 e. The van der Waals surface area contributed by atoms with E-state index < -0.39 is 23.1 Å². The lowest BCUT2D eigenvalue weighted by molar-refractivity contribution is 0.0448. The van der Waals surface area contributed by atoms with Crippen molar-refractivity contribution in [1.82, 2.24) is 16.0 Å². The van der Waals surface area contributed by atoms with Crippen LogP contribution in [-0.2, 0) is 17.9 Å². The lowest BCUT2D eigenvalue weighted by Gasteiger charge is -2.34. The van der Waals surface area contributed by atoms with Gasteiger partial charge in [0, 0.05) is 25.7 Å². The summed E-state index contributed by atoms with van der Waals surface area (Å²) in [7, 11) is 1.65. The topological polar surface area (TPSA) is 95.0 Å². The van der Waals surface area contributed by atoms with Crippen LogP contribution in [0.5, 0.6) is 0 Å². The molecule has 0 aliphatic carbocycles. The second-order valence-corrected chi connectivity index (χ2v) is 7.98. The number of alkyl carbamates (subject to hydrolysis) is 1. The van der Waals surface area contributed by atoms with Crippen LogP contribution in [0.1, 0.15) is 58.6 Å². The summed E-state index contributed by atoms with van der Waals surface area (Å²) in [5, 5.41) is 18.6. The van der Waals surface area contributed by atoms with E-state index in [0.717, 1.165) is 5.56 Å². The first kappa shape index (κ1) is 28.4. The van der Waals surface area contributed by atoms with Crippen LogP contribution in [0.3, 0.4) is 0 Å². The van der Waals surface area contributed by atoms with Gasteiger partial charge in [0.25, 0.3) is 0 Å². The molecule has 1 rings (SSSR count). The van der Waals surface area contributed by atoms with Crippen LogP contribution in [0.4, 0.5) is 9.18 Å². The standard InChI is InChI=1S/C21H35FN4O3.HI/c1-7-21(8-2,26-19(28)29-20(3,4)5)14-25-18(23-6)24-12-15-9-10-17(22)16(11-15)13-27;/h9-11,27H,7-8,12-14H2,1-6H3,(H,26,28)(H2,23,24,25);1H. The minimum atomic E-state index is -0.565. The fourth-order valence-corrected chi connectivity index (χ4v) is 2.76. The Labute approximate surface area is 196 Å². The van der Waals surface area contributed by atoms with Gasteiger partial charge in [-0.05, 0) is 51.3 Å². The van der Waals surface area contributed by atoms with Gasteiger partial charge < -0.3 is 25.8 Å². The normalized spacial score (nSPS) is 12.1. The van der Waals surface area contributed by atoms with Crippen molar-refractivity contribution in [3.05, 3.63) is 35.1 Å². The summed E-state index contributed by atoms with van der Waals surface area (Å²) in [4.78, 5) is 16.4. The fraction of sp³-hybridized carbons (Fsp3) is 0.619. The molecule has 0 spiro atoms. The maximum absolute atomic E-state index is 13.5. The Morgan fingerprint density at radius 1 is 1.20 bits per heavy atom. The largest absolute Gasteiger partial charge is 0.444 e. The third-order valence-electron chi connectivity index (χ3n) is 4.68. The zero-order chi connectivity index (χ0) is 22.1. The summed E-state index contributed by atoms with van der Waals surface area (Å²) in [6, 6.07) is 4.60. The molecule has 1 aromatic rings. The molecule has 0 saturated heterocycles. The molecule has 0 bridgehead atoms. The van der Waals surface area contributed by atoms with Crippen LogP contribution in [0.2, 0.25) is 0 Å². The fourth-order valence-electron chi connectivity index (χ4n) is 2.76. The van der Waals surface area contributed by atoms with E-state index in [-0.39, 0.29) is 36.1 Å². The zero-order valence-electron chi connectivity index (χ0n) is 18.8. The lowest BCUT2D eigenvalue weighted by Crippen LogP contribution is -2.57. The van der Waals surface area contributed by atoms with Gasteiger partial charge in [0.1, 0.15) is 11.4 Å². The first-order chi connectivity index (χ1) is 13.6. The molecule has 4 N–H and O–H groups in total. The number of benzene rings is 1. The molecule has 1 amide bonds. The van der Waals surface area contributed by atoms with Gasteiger partial charge in [0.15, 0.2) is 5.96 Å². The molecule has 1 aromatic carbocycles. The monoisotopic (exact) mass is 538 g/mol. The number of hydrogen-bond donors (Lipinski definition) is 4. The first-order valence-electron chi connectivity index (χ1n) is 9.92. The number of hydrogen-bond acceptors (Lipinski definition) is 4. The summed E-state index contributed by atoms with van der Waals surface area (Å²) in [5.41, 5.74) is 0.0254. The molecule has 30 heavy (non-hydrogen) atoms. The molecule has 0 atom stereocenters. The Kier molecular flexibility index (Phi) is 12.2. The summed E-state index contributed by atoms with van der Waals surface area (Å²) in [5.74, 6) is 0.125. The molecule has 9 heteroatoms. The first-order valence-corrected chi connectivity index (χ1v) is 9.92. The van der Waals surface area contributed by atoms with Gasteiger partial charge in [0.2, 0.25) is 0 Å². The average Bonchev–Trinajstić information content (AvgIpc) is 2.66. The number of carbonyl (C=O) groups is 1. The lowest BCUT2D eigenvalue weighted by atomic mass is 9.93. The van der Waals surface area contributed by atoms with Crippen molar-refractivity contribution < 1.29 is 19.0 Å². The third-order valence-corrected chi connectivity index (χ3v) is 4.68. The molecule has 0 aliphatic heterocycles. The quantitative estimate of drug-likeness (QED) is 0.230. The second-order valence-electron chi connectivity index (χ2n) is 7.98. The Balaban J connectivity index is 0.00000841. The van der Waals surface area contributed by atoms with Crippen molar-refractivity contribution in [2.45, 2.75) is 71.8 Å². The van der Waals surface area contributed by atoms with Crippen LogP contribution in [-0.4, -0.2) is 41.9 Å². The van der Waals surface area contributed by atoms with Gasteiger partial charge in [0.05, 0.1) is 12.1 Å². The number of halogens is 2. The summed E-state index contributed by atoms with van der Waals surface area (Å²) in [6.45, 7) is 10.0. The van der Waals surface area contributed by atoms with Crippen molar-refractivity contribution in [1.29, 1.82) is 0 Å². The number of carbonyl (C=O) groups excluding carboxylic acids is 1. The maximum Gasteiger partial charge on any atom is 0.408 e. The minimum absolute atomic E-state index is 0. The Morgan fingerprint density at radius 3 is 2.33 bits per heavy atom. The van der Waals surface area contributed by atoms with Crippen LogP contribution in [0, 0.1) is 5.82 Å². The predicted molar refractivity (Wildman–Crippen MR) is 129 cm³/mol. The Hall–Kier alpha value is -1.62. The highest BCUT2D eigenvalue weighted by molar-refractivity contribution is 14.0. The van der Waals surface area contributed by atoms with Gasteiger partial charge in [-0.1, -0.05) is 19.9 Å². The number of aliphatic imine (C=N–C) groups is 1. The third kappa shape index (κ3) is 9.46. The number of amides is 1. The van der Waals surface area contributed by atoms with E-state index in [1.54, 1.807) is 19.2 Å². The molecular weight excluding hydrogens is 502 g/mol. The van der Waals surface area contributed by atoms with E-state index in [4.69, 9.17) is 4.74 Å². The van der Waals surface area contributed by atoms with Crippen molar-refractivity contribution >= 4 is 36.0 Å². The number of ether oxygens (including phenoxy) is 1. The van der Waals surface area contributed by atoms with Gasteiger partial charge in [-0.3, -0.25) is 4.99 Å². The van der Waals surface area contributed by atoms with Crippen molar-refractivity contribution in [2.24, 2.45) is 4.99 Å². The number of aliphatic hydroxyl groups is 1. The molecule has 0 aromatic heterocycles. The summed E-state index contributed by atoms with van der Waals surface area (Å²) < 4.78 is 18.9. The van der Waals surface area contributed by atoms with Gasteiger partial charge in [-0.25, -0.2) is 9.18 Å². The van der Waals surface area contributed by atoms with Crippen molar-refractivity contribution in [3.63, 3.8) is 0 Å². The molecule has 172 valence electrons. The van der Waals surface area contributed by atoms with Gasteiger partial charge in [-0.2, -0.15) is 0 Å². The molecule has 0 aliphatic rings. The van der Waals surface area contributed by atoms with Crippen LogP contribution in [0.25, 0.3) is 0 Å². The summed E-state index contributed by atoms with van der Waals surface area (Å²) in [6.07, 6.45) is 0.976. The zero-order valence-corrected chi connectivity index (χ0v) is 21.1. The number of nitrogens with zero attached hydrogens (tertiary/aromatic N) is 1. The Bertz CT molecular complexity index is 704. The molecule has 7 nitrogen and oxygen atoms in total. The molecule has 0 saturated carbocycles. The van der Waals surface area contributed by atoms with E-state index in [9.17, 15) is 14.3 Å². The highest BCUT2D eigenvalue weighted by Gasteiger charge is 2.30. The molecule has 0 heterocycles. The maximum atomic E-state index is 13.5. The van der Waals surface area contributed by atoms with E-state index in [1.807, 2.05) is 34.6 Å².